The summed E-state index contributed by atoms with van der Waals surface area (Å²) < 4.78 is 18.5. The molecule has 0 aliphatic carbocycles. The van der Waals surface area contributed by atoms with Gasteiger partial charge >= 0.3 is 5.97 Å². The molecule has 8 heteroatoms. The molecule has 2 saturated heterocycles. The normalized spacial score (nSPS) is 21.4. The van der Waals surface area contributed by atoms with E-state index >= 15 is 0 Å². The molecular weight excluding hydrogens is 474 g/mol. The van der Waals surface area contributed by atoms with Gasteiger partial charge in [0.2, 0.25) is 0 Å². The van der Waals surface area contributed by atoms with Crippen LogP contribution in [0, 0.1) is 5.92 Å². The number of piperidine rings is 2. The van der Waals surface area contributed by atoms with Gasteiger partial charge in [-0.2, -0.15) is 0 Å². The molecule has 7 nitrogen and oxygen atoms in total. The number of aromatic nitrogens is 1. The summed E-state index contributed by atoms with van der Waals surface area (Å²) in [6.07, 6.45) is 4.95. The van der Waals surface area contributed by atoms with E-state index in [9.17, 15) is 4.79 Å². The van der Waals surface area contributed by atoms with Gasteiger partial charge in [0.15, 0.2) is 0 Å². The number of thiazole rings is 1. The van der Waals surface area contributed by atoms with Crippen molar-refractivity contribution in [2.75, 3.05) is 32.8 Å². The SMILES string of the molecule is CCOC(=O)C1CCN(C2CCNCC2)C(CCOc2ccc(Oc3nc4ccccc4s3)cc2)C1. The Bertz CT molecular complexity index is 1100. The number of likely N-dealkylation sites (tertiary alicyclic amines) is 1. The second-order valence-corrected chi connectivity index (χ2v) is 10.5. The lowest BCUT2D eigenvalue weighted by atomic mass is 9.87. The third kappa shape index (κ3) is 6.17. The summed E-state index contributed by atoms with van der Waals surface area (Å²) in [4.78, 5) is 19.6. The van der Waals surface area contributed by atoms with E-state index in [1.54, 1.807) is 0 Å². The summed E-state index contributed by atoms with van der Waals surface area (Å²) >= 11 is 1.54. The third-order valence-corrected chi connectivity index (χ3v) is 8.10. The van der Waals surface area contributed by atoms with Crippen LogP contribution in [0.15, 0.2) is 48.5 Å². The first-order chi connectivity index (χ1) is 17.7. The van der Waals surface area contributed by atoms with Gasteiger partial charge in [-0.3, -0.25) is 9.69 Å². The van der Waals surface area contributed by atoms with E-state index in [-0.39, 0.29) is 11.9 Å². The molecule has 36 heavy (non-hydrogen) atoms. The maximum absolute atomic E-state index is 12.4. The van der Waals surface area contributed by atoms with Crippen LogP contribution in [-0.2, 0) is 9.53 Å². The Kier molecular flexibility index (Phi) is 8.36. The number of fused-ring (bicyclic) bond motifs is 1. The zero-order chi connectivity index (χ0) is 24.7. The second-order valence-electron chi connectivity index (χ2n) is 9.50. The molecule has 2 fully saturated rings. The lowest BCUT2D eigenvalue weighted by Gasteiger charge is -2.44. The summed E-state index contributed by atoms with van der Waals surface area (Å²) in [6, 6.07) is 16.6. The molecule has 2 aliphatic heterocycles. The molecule has 2 aromatic carbocycles. The van der Waals surface area contributed by atoms with Crippen molar-refractivity contribution in [2.24, 2.45) is 5.92 Å². The van der Waals surface area contributed by atoms with Crippen LogP contribution in [0.5, 0.6) is 16.7 Å². The topological polar surface area (TPSA) is 72.9 Å². The first-order valence-corrected chi connectivity index (χ1v) is 13.9. The maximum Gasteiger partial charge on any atom is 0.309 e. The fourth-order valence-corrected chi connectivity index (χ4v) is 6.19. The molecule has 0 amide bonds. The van der Waals surface area contributed by atoms with Crippen LogP contribution < -0.4 is 14.8 Å². The quantitative estimate of drug-likeness (QED) is 0.395. The Labute approximate surface area is 216 Å². The maximum atomic E-state index is 12.4. The number of nitrogens with zero attached hydrogens (tertiary/aromatic N) is 2. The van der Waals surface area contributed by atoms with E-state index in [2.05, 4.69) is 15.2 Å². The average Bonchev–Trinajstić information content (AvgIpc) is 3.33. The van der Waals surface area contributed by atoms with Gasteiger partial charge < -0.3 is 19.5 Å². The van der Waals surface area contributed by atoms with Gasteiger partial charge in [-0.15, -0.1) is 0 Å². The third-order valence-electron chi connectivity index (χ3n) is 7.18. The van der Waals surface area contributed by atoms with Gasteiger partial charge in [0, 0.05) is 12.1 Å². The van der Waals surface area contributed by atoms with Gasteiger partial charge in [0.25, 0.3) is 5.19 Å². The van der Waals surface area contributed by atoms with E-state index < -0.39 is 0 Å². The predicted molar refractivity (Wildman–Crippen MR) is 142 cm³/mol. The molecule has 1 N–H and O–H groups in total. The number of hydrogen-bond donors (Lipinski definition) is 1. The zero-order valence-corrected chi connectivity index (χ0v) is 21.7. The fraction of sp³-hybridized carbons (Fsp3) is 0.500. The highest BCUT2D eigenvalue weighted by atomic mass is 32.1. The van der Waals surface area contributed by atoms with Gasteiger partial charge in [-0.25, -0.2) is 4.98 Å². The molecule has 5 rings (SSSR count). The molecule has 2 atom stereocenters. The Morgan fingerprint density at radius 1 is 1.08 bits per heavy atom. The van der Waals surface area contributed by atoms with E-state index in [1.807, 2.05) is 55.5 Å². The van der Waals surface area contributed by atoms with Crippen LogP contribution in [0.2, 0.25) is 0 Å². The summed E-state index contributed by atoms with van der Waals surface area (Å²) in [7, 11) is 0. The highest BCUT2D eigenvalue weighted by Gasteiger charge is 2.36. The van der Waals surface area contributed by atoms with Gasteiger partial charge in [0.1, 0.15) is 11.5 Å². The molecule has 192 valence electrons. The van der Waals surface area contributed by atoms with Gasteiger partial charge in [-0.1, -0.05) is 23.5 Å². The Hall–Kier alpha value is -2.68. The molecule has 3 aromatic rings. The van der Waals surface area contributed by atoms with Crippen molar-refractivity contribution in [2.45, 2.75) is 51.1 Å². The molecule has 0 radical (unpaired) electrons. The Morgan fingerprint density at radius 3 is 2.64 bits per heavy atom. The lowest BCUT2D eigenvalue weighted by Crippen LogP contribution is -2.53. The summed E-state index contributed by atoms with van der Waals surface area (Å²) in [5.74, 6) is 1.50. The van der Waals surface area contributed by atoms with Crippen molar-refractivity contribution in [3.63, 3.8) is 0 Å². The van der Waals surface area contributed by atoms with E-state index in [4.69, 9.17) is 14.2 Å². The number of carbonyl (C=O) groups is 1. The fourth-order valence-electron chi connectivity index (χ4n) is 5.36. The monoisotopic (exact) mass is 509 g/mol. The predicted octanol–water partition coefficient (Wildman–Crippen LogP) is 5.25. The number of benzene rings is 2. The van der Waals surface area contributed by atoms with E-state index in [0.29, 0.717) is 30.5 Å². The number of esters is 1. The van der Waals surface area contributed by atoms with Gasteiger partial charge in [-0.05, 0) is 95.1 Å². The molecule has 0 spiro atoms. The number of hydrogen-bond acceptors (Lipinski definition) is 8. The van der Waals surface area contributed by atoms with Crippen molar-refractivity contribution in [3.8, 4) is 16.7 Å². The molecule has 3 heterocycles. The highest BCUT2D eigenvalue weighted by Crippen LogP contribution is 2.33. The van der Waals surface area contributed by atoms with Crippen molar-refractivity contribution >= 4 is 27.5 Å². The molecule has 0 bridgehead atoms. The molecular formula is C28H35N3O4S. The number of ether oxygens (including phenoxy) is 3. The van der Waals surface area contributed by atoms with Crippen LogP contribution >= 0.6 is 11.3 Å². The second kappa shape index (κ2) is 12.0. The van der Waals surface area contributed by atoms with Crippen LogP contribution in [0.4, 0.5) is 0 Å². The highest BCUT2D eigenvalue weighted by molar-refractivity contribution is 7.20. The number of nitrogens with one attached hydrogen (secondary N) is 1. The minimum atomic E-state index is -0.0444. The standard InChI is InChI=1S/C28H35N3O4S/c1-2-33-27(32)20-13-17-31(21-11-15-29-16-12-21)22(19-20)14-18-34-23-7-9-24(10-8-23)35-28-30-25-5-3-4-6-26(25)36-28/h3-10,20-22,29H,2,11-19H2,1H3. The minimum absolute atomic E-state index is 0.00754. The van der Waals surface area contributed by atoms with Crippen molar-refractivity contribution < 1.29 is 19.0 Å². The van der Waals surface area contributed by atoms with Crippen molar-refractivity contribution in [1.82, 2.24) is 15.2 Å². The van der Waals surface area contributed by atoms with E-state index in [1.165, 1.54) is 11.3 Å². The van der Waals surface area contributed by atoms with Crippen molar-refractivity contribution in [3.05, 3.63) is 48.5 Å². The first kappa shape index (κ1) is 25.0. The van der Waals surface area contributed by atoms with Crippen molar-refractivity contribution in [1.29, 1.82) is 0 Å². The smallest absolute Gasteiger partial charge is 0.309 e. The van der Waals surface area contributed by atoms with Crippen LogP contribution in [0.1, 0.15) is 39.0 Å². The first-order valence-electron chi connectivity index (χ1n) is 13.1. The average molecular weight is 510 g/mol. The molecule has 0 saturated carbocycles. The van der Waals surface area contributed by atoms with Gasteiger partial charge in [0.05, 0.1) is 29.3 Å². The van der Waals surface area contributed by atoms with Crippen LogP contribution in [0.25, 0.3) is 10.2 Å². The summed E-state index contributed by atoms with van der Waals surface area (Å²) in [5.41, 5.74) is 0.948. The Balaban J connectivity index is 1.16. The number of rotatable bonds is 9. The summed E-state index contributed by atoms with van der Waals surface area (Å²) in [6.45, 7) is 6.02. The number of carbonyl (C=O) groups excluding carboxylic acids is 1. The Morgan fingerprint density at radius 2 is 1.86 bits per heavy atom. The largest absolute Gasteiger partial charge is 0.494 e. The molecule has 1 aromatic heterocycles. The van der Waals surface area contributed by atoms with Crippen LogP contribution in [-0.4, -0.2) is 60.8 Å². The lowest BCUT2D eigenvalue weighted by molar-refractivity contribution is -0.151. The van der Waals surface area contributed by atoms with Crippen LogP contribution in [0.3, 0.4) is 0 Å². The minimum Gasteiger partial charge on any atom is -0.494 e. The van der Waals surface area contributed by atoms with E-state index in [0.717, 1.165) is 73.5 Å². The molecule has 2 aliphatic rings. The zero-order valence-electron chi connectivity index (χ0n) is 20.9. The summed E-state index contributed by atoms with van der Waals surface area (Å²) in [5, 5.41) is 4.10. The number of para-hydroxylation sites is 1. The molecule has 2 unspecified atom stereocenters.